The fourth-order valence-corrected chi connectivity index (χ4v) is 2.71. The summed E-state index contributed by atoms with van der Waals surface area (Å²) in [7, 11) is 0. The molecule has 1 N–H and O–H groups in total. The van der Waals surface area contributed by atoms with Gasteiger partial charge in [-0.25, -0.2) is 0 Å². The number of hydrogen-bond acceptors (Lipinski definition) is 4. The molecule has 2 aromatic rings. The van der Waals surface area contributed by atoms with Crippen LogP contribution in [-0.2, 0) is 6.42 Å². The third-order valence-corrected chi connectivity index (χ3v) is 3.71. The minimum absolute atomic E-state index is 0.510. The number of benzene rings is 1. The van der Waals surface area contributed by atoms with Gasteiger partial charge in [0, 0.05) is 12.5 Å². The Kier molecular flexibility index (Phi) is 3.29. The lowest BCUT2D eigenvalue weighted by Crippen LogP contribution is -2.25. The van der Waals surface area contributed by atoms with Gasteiger partial charge in [-0.3, -0.25) is 0 Å². The second kappa shape index (κ2) is 5.09. The van der Waals surface area contributed by atoms with Crippen LogP contribution in [0.25, 0.3) is 5.69 Å². The predicted molar refractivity (Wildman–Crippen MR) is 73.4 cm³/mol. The highest BCUT2D eigenvalue weighted by molar-refractivity contribution is 5.42. The van der Waals surface area contributed by atoms with Gasteiger partial charge in [0.2, 0.25) is 0 Å². The standard InChI is InChI=1S/C14H19N5/c1-10-5-6-13(11(2)8-10)19-14(16-17-18-19)9-12-4-3-7-15-12/h5-6,8,12,15H,3-4,7,9H2,1-2H3. The van der Waals surface area contributed by atoms with E-state index in [9.17, 15) is 0 Å². The molecule has 1 saturated heterocycles. The first-order valence-electron chi connectivity index (χ1n) is 6.82. The summed E-state index contributed by atoms with van der Waals surface area (Å²) in [4.78, 5) is 0. The normalized spacial score (nSPS) is 18.9. The van der Waals surface area contributed by atoms with E-state index in [1.807, 2.05) is 4.68 Å². The second-order valence-corrected chi connectivity index (χ2v) is 5.29. The molecule has 5 nitrogen and oxygen atoms in total. The maximum Gasteiger partial charge on any atom is 0.158 e. The number of nitrogens with zero attached hydrogens (tertiary/aromatic N) is 4. The zero-order valence-electron chi connectivity index (χ0n) is 11.4. The van der Waals surface area contributed by atoms with Crippen molar-refractivity contribution in [1.82, 2.24) is 25.5 Å². The molecule has 100 valence electrons. The molecule has 1 aliphatic rings. The van der Waals surface area contributed by atoms with E-state index in [0.717, 1.165) is 24.5 Å². The van der Waals surface area contributed by atoms with Crippen molar-refractivity contribution in [3.05, 3.63) is 35.2 Å². The summed E-state index contributed by atoms with van der Waals surface area (Å²) in [6, 6.07) is 6.86. The number of aromatic nitrogens is 4. The Morgan fingerprint density at radius 3 is 3.00 bits per heavy atom. The molecule has 19 heavy (non-hydrogen) atoms. The van der Waals surface area contributed by atoms with Gasteiger partial charge in [0.1, 0.15) is 0 Å². The van der Waals surface area contributed by atoms with Crippen molar-refractivity contribution >= 4 is 0 Å². The average Bonchev–Trinajstić information content (AvgIpc) is 3.02. The van der Waals surface area contributed by atoms with Crippen LogP contribution in [0.5, 0.6) is 0 Å². The summed E-state index contributed by atoms with van der Waals surface area (Å²) in [5.74, 6) is 0.936. The topological polar surface area (TPSA) is 55.6 Å². The van der Waals surface area contributed by atoms with Crippen molar-refractivity contribution in [2.45, 2.75) is 39.2 Å². The largest absolute Gasteiger partial charge is 0.314 e. The minimum atomic E-state index is 0.510. The molecule has 2 heterocycles. The molecule has 1 aromatic heterocycles. The average molecular weight is 257 g/mol. The lowest BCUT2D eigenvalue weighted by molar-refractivity contribution is 0.575. The molecular formula is C14H19N5. The number of hydrogen-bond donors (Lipinski definition) is 1. The van der Waals surface area contributed by atoms with E-state index >= 15 is 0 Å². The smallest absolute Gasteiger partial charge is 0.158 e. The minimum Gasteiger partial charge on any atom is -0.314 e. The van der Waals surface area contributed by atoms with Crippen LogP contribution in [0, 0.1) is 13.8 Å². The molecule has 1 aliphatic heterocycles. The summed E-state index contributed by atoms with van der Waals surface area (Å²) in [6.45, 7) is 5.30. The van der Waals surface area contributed by atoms with Gasteiger partial charge >= 0.3 is 0 Å². The van der Waals surface area contributed by atoms with Crippen LogP contribution in [0.4, 0.5) is 0 Å². The highest BCUT2D eigenvalue weighted by Gasteiger charge is 2.19. The van der Waals surface area contributed by atoms with E-state index in [2.05, 4.69) is 52.9 Å². The monoisotopic (exact) mass is 257 g/mol. The van der Waals surface area contributed by atoms with Crippen molar-refractivity contribution in [3.63, 3.8) is 0 Å². The highest BCUT2D eigenvalue weighted by Crippen LogP contribution is 2.17. The molecule has 5 heteroatoms. The third kappa shape index (κ3) is 2.51. The van der Waals surface area contributed by atoms with E-state index in [4.69, 9.17) is 0 Å². The molecule has 0 aliphatic carbocycles. The highest BCUT2D eigenvalue weighted by atomic mass is 15.5. The Morgan fingerprint density at radius 1 is 1.37 bits per heavy atom. The van der Waals surface area contributed by atoms with Gasteiger partial charge in [-0.2, -0.15) is 4.68 Å². The summed E-state index contributed by atoms with van der Waals surface area (Å²) in [5.41, 5.74) is 3.53. The maximum atomic E-state index is 4.18. The summed E-state index contributed by atoms with van der Waals surface area (Å²) >= 11 is 0. The molecule has 0 saturated carbocycles. The fraction of sp³-hybridized carbons (Fsp3) is 0.500. The summed E-state index contributed by atoms with van der Waals surface area (Å²) in [5, 5.41) is 15.7. The molecule has 1 unspecified atom stereocenters. The molecule has 0 amide bonds. The SMILES string of the molecule is Cc1ccc(-n2nnnc2CC2CCCN2)c(C)c1. The van der Waals surface area contributed by atoms with Crippen molar-refractivity contribution in [1.29, 1.82) is 0 Å². The zero-order valence-corrected chi connectivity index (χ0v) is 11.4. The predicted octanol–water partition coefficient (Wildman–Crippen LogP) is 1.57. The van der Waals surface area contributed by atoms with Crippen LogP contribution < -0.4 is 5.32 Å². The Balaban J connectivity index is 1.90. The third-order valence-electron chi connectivity index (χ3n) is 3.71. The Morgan fingerprint density at radius 2 is 2.26 bits per heavy atom. The first-order chi connectivity index (χ1) is 9.24. The van der Waals surface area contributed by atoms with Crippen LogP contribution in [-0.4, -0.2) is 32.8 Å². The zero-order chi connectivity index (χ0) is 13.2. The molecule has 1 atom stereocenters. The van der Waals surface area contributed by atoms with Crippen molar-refractivity contribution in [2.75, 3.05) is 6.54 Å². The van der Waals surface area contributed by atoms with Gasteiger partial charge in [0.25, 0.3) is 0 Å². The van der Waals surface area contributed by atoms with Crippen LogP contribution >= 0.6 is 0 Å². The molecule has 1 aromatic carbocycles. The van der Waals surface area contributed by atoms with Crippen LogP contribution in [0.2, 0.25) is 0 Å². The van der Waals surface area contributed by atoms with Crippen LogP contribution in [0.1, 0.15) is 29.8 Å². The Labute approximate surface area is 113 Å². The molecule has 0 spiro atoms. The maximum absolute atomic E-state index is 4.18. The quantitative estimate of drug-likeness (QED) is 0.907. The molecule has 3 rings (SSSR count). The van der Waals surface area contributed by atoms with Crippen LogP contribution in [0.15, 0.2) is 18.2 Å². The Bertz CT molecular complexity index is 569. The first kappa shape index (κ1) is 12.3. The van der Waals surface area contributed by atoms with Crippen molar-refractivity contribution in [3.8, 4) is 5.69 Å². The van der Waals surface area contributed by atoms with Gasteiger partial charge < -0.3 is 5.32 Å². The summed E-state index contributed by atoms with van der Waals surface area (Å²) in [6.07, 6.45) is 3.34. The van der Waals surface area contributed by atoms with Gasteiger partial charge in [-0.15, -0.1) is 5.10 Å². The van der Waals surface area contributed by atoms with E-state index in [-0.39, 0.29) is 0 Å². The Hall–Kier alpha value is -1.75. The van der Waals surface area contributed by atoms with Gasteiger partial charge in [-0.05, 0) is 55.3 Å². The molecule has 0 bridgehead atoms. The van der Waals surface area contributed by atoms with E-state index < -0.39 is 0 Å². The first-order valence-corrected chi connectivity index (χ1v) is 6.82. The fourth-order valence-electron chi connectivity index (χ4n) is 2.71. The molecule has 1 fully saturated rings. The molecule has 0 radical (unpaired) electrons. The van der Waals surface area contributed by atoms with Crippen molar-refractivity contribution < 1.29 is 0 Å². The number of tetrazole rings is 1. The van der Waals surface area contributed by atoms with Gasteiger partial charge in [-0.1, -0.05) is 17.7 Å². The van der Waals surface area contributed by atoms with Crippen molar-refractivity contribution in [2.24, 2.45) is 0 Å². The van der Waals surface area contributed by atoms with E-state index in [1.165, 1.54) is 24.0 Å². The number of aryl methyl sites for hydroxylation is 2. The number of nitrogens with one attached hydrogen (secondary N) is 1. The van der Waals surface area contributed by atoms with Gasteiger partial charge in [0.15, 0.2) is 5.82 Å². The van der Waals surface area contributed by atoms with E-state index in [0.29, 0.717) is 6.04 Å². The second-order valence-electron chi connectivity index (χ2n) is 5.29. The lowest BCUT2D eigenvalue weighted by atomic mass is 10.1. The van der Waals surface area contributed by atoms with E-state index in [1.54, 1.807) is 0 Å². The molecular weight excluding hydrogens is 238 g/mol. The summed E-state index contributed by atoms with van der Waals surface area (Å²) < 4.78 is 1.87. The number of rotatable bonds is 3. The van der Waals surface area contributed by atoms with Gasteiger partial charge in [0.05, 0.1) is 5.69 Å². The van der Waals surface area contributed by atoms with Crippen LogP contribution in [0.3, 0.4) is 0 Å². The lowest BCUT2D eigenvalue weighted by Gasteiger charge is -2.11.